The molecule has 0 aliphatic carbocycles. The van der Waals surface area contributed by atoms with Gasteiger partial charge in [0.1, 0.15) is 12.2 Å². The Bertz CT molecular complexity index is 979. The lowest BCUT2D eigenvalue weighted by atomic mass is 10.00. The SMILES string of the molecule is CC1CCCN1c1ccc2cc(/C=C(\C#N)C(=O)CCC(O)C(O)CO)ccc2c1. The summed E-state index contributed by atoms with van der Waals surface area (Å²) in [5, 5.41) is 39.4. The molecule has 3 rings (SSSR count). The highest BCUT2D eigenvalue weighted by atomic mass is 16.4. The minimum Gasteiger partial charge on any atom is -0.394 e. The molecule has 6 heteroatoms. The molecule has 1 heterocycles. The van der Waals surface area contributed by atoms with Crippen LogP contribution >= 0.6 is 0 Å². The number of nitriles is 1. The number of anilines is 1. The number of carbonyl (C=O) groups excluding carboxylic acids is 1. The summed E-state index contributed by atoms with van der Waals surface area (Å²) in [6, 6.07) is 14.6. The Labute approximate surface area is 176 Å². The Morgan fingerprint density at radius 2 is 1.97 bits per heavy atom. The number of carbonyl (C=O) groups is 1. The van der Waals surface area contributed by atoms with Crippen molar-refractivity contribution in [3.05, 3.63) is 47.5 Å². The van der Waals surface area contributed by atoms with Gasteiger partial charge in [0.15, 0.2) is 5.78 Å². The van der Waals surface area contributed by atoms with E-state index in [1.807, 2.05) is 24.3 Å². The molecular weight excluding hydrogens is 380 g/mol. The van der Waals surface area contributed by atoms with E-state index in [2.05, 4.69) is 30.0 Å². The van der Waals surface area contributed by atoms with Gasteiger partial charge in [0.2, 0.25) is 0 Å². The van der Waals surface area contributed by atoms with Gasteiger partial charge in [0.05, 0.1) is 18.3 Å². The normalized spacial score (nSPS) is 19.0. The number of aliphatic hydroxyl groups is 3. The number of Topliss-reactive ketones (excluding diaryl/α,β-unsaturated/α-hetero) is 1. The summed E-state index contributed by atoms with van der Waals surface area (Å²) in [6.07, 6.45) is 1.38. The number of hydrogen-bond donors (Lipinski definition) is 3. The quantitative estimate of drug-likeness (QED) is 0.458. The smallest absolute Gasteiger partial charge is 0.173 e. The zero-order chi connectivity index (χ0) is 21.7. The van der Waals surface area contributed by atoms with Gasteiger partial charge in [-0.3, -0.25) is 4.79 Å². The van der Waals surface area contributed by atoms with E-state index < -0.39 is 24.6 Å². The van der Waals surface area contributed by atoms with Gasteiger partial charge in [-0.05, 0) is 66.8 Å². The zero-order valence-electron chi connectivity index (χ0n) is 17.2. The lowest BCUT2D eigenvalue weighted by Gasteiger charge is -2.24. The molecule has 1 aliphatic heterocycles. The number of benzene rings is 2. The van der Waals surface area contributed by atoms with Crippen LogP contribution in [-0.4, -0.2) is 52.5 Å². The van der Waals surface area contributed by atoms with Gasteiger partial charge in [-0.25, -0.2) is 0 Å². The van der Waals surface area contributed by atoms with Crippen molar-refractivity contribution in [3.8, 4) is 6.07 Å². The summed E-state index contributed by atoms with van der Waals surface area (Å²) >= 11 is 0. The first-order valence-electron chi connectivity index (χ1n) is 10.4. The first-order chi connectivity index (χ1) is 14.4. The molecule has 0 saturated carbocycles. The second kappa shape index (κ2) is 9.86. The molecular formula is C24H28N2O4. The van der Waals surface area contributed by atoms with Gasteiger partial charge in [0.25, 0.3) is 0 Å². The van der Waals surface area contributed by atoms with Gasteiger partial charge in [0, 0.05) is 24.7 Å². The Hall–Kier alpha value is -2.72. The van der Waals surface area contributed by atoms with Crippen molar-refractivity contribution in [2.75, 3.05) is 18.1 Å². The molecule has 3 N–H and O–H groups in total. The molecule has 3 atom stereocenters. The molecule has 0 amide bonds. The fraction of sp³-hybridized carbons (Fsp3) is 0.417. The first-order valence-corrected chi connectivity index (χ1v) is 10.4. The van der Waals surface area contributed by atoms with Crippen molar-refractivity contribution in [1.82, 2.24) is 0 Å². The lowest BCUT2D eigenvalue weighted by molar-refractivity contribution is -0.116. The first kappa shape index (κ1) is 22.0. The van der Waals surface area contributed by atoms with E-state index in [0.717, 1.165) is 22.9 Å². The zero-order valence-corrected chi connectivity index (χ0v) is 17.2. The molecule has 6 nitrogen and oxygen atoms in total. The monoisotopic (exact) mass is 408 g/mol. The number of allylic oxidation sites excluding steroid dienone is 1. The maximum atomic E-state index is 12.3. The van der Waals surface area contributed by atoms with Crippen LogP contribution in [0, 0.1) is 11.3 Å². The standard InChI is InChI=1S/C24H28N2O4/c1-16-3-2-10-26(16)21-7-6-18-11-17(4-5-19(18)13-21)12-20(14-25)22(28)8-9-23(29)24(30)15-27/h4-7,11-13,16,23-24,27,29-30H,2-3,8-10,15H2,1H3/b20-12+. The van der Waals surface area contributed by atoms with Crippen molar-refractivity contribution in [3.63, 3.8) is 0 Å². The third-order valence-electron chi connectivity index (χ3n) is 5.76. The molecule has 1 aliphatic rings. The average Bonchev–Trinajstić information content (AvgIpc) is 3.20. The van der Waals surface area contributed by atoms with Crippen LogP contribution in [-0.2, 0) is 4.79 Å². The van der Waals surface area contributed by atoms with Crippen molar-refractivity contribution < 1.29 is 20.1 Å². The van der Waals surface area contributed by atoms with Crippen LogP contribution in [0.15, 0.2) is 42.0 Å². The van der Waals surface area contributed by atoms with Gasteiger partial charge in [-0.15, -0.1) is 0 Å². The molecule has 1 saturated heterocycles. The molecule has 0 radical (unpaired) electrons. The lowest BCUT2D eigenvalue weighted by Crippen LogP contribution is -2.29. The number of nitrogens with zero attached hydrogens (tertiary/aromatic N) is 2. The van der Waals surface area contributed by atoms with Crippen LogP contribution < -0.4 is 4.90 Å². The summed E-state index contributed by atoms with van der Waals surface area (Å²) in [7, 11) is 0. The average molecular weight is 408 g/mol. The second-order valence-electron chi connectivity index (χ2n) is 7.92. The molecule has 30 heavy (non-hydrogen) atoms. The fourth-order valence-electron chi connectivity index (χ4n) is 3.91. The van der Waals surface area contributed by atoms with Crippen LogP contribution in [0.2, 0.25) is 0 Å². The number of aliphatic hydroxyl groups excluding tert-OH is 3. The molecule has 2 aromatic rings. The summed E-state index contributed by atoms with van der Waals surface area (Å²) in [6.45, 7) is 2.74. The molecule has 0 spiro atoms. The van der Waals surface area contributed by atoms with Crippen molar-refractivity contribution >= 4 is 28.3 Å². The minimum atomic E-state index is -1.29. The Morgan fingerprint density at radius 1 is 1.23 bits per heavy atom. The van der Waals surface area contributed by atoms with Gasteiger partial charge < -0.3 is 20.2 Å². The predicted octanol–water partition coefficient (Wildman–Crippen LogP) is 2.80. The van der Waals surface area contributed by atoms with E-state index in [9.17, 15) is 20.3 Å². The number of rotatable bonds is 8. The summed E-state index contributed by atoms with van der Waals surface area (Å²) in [5.74, 6) is -0.403. The Balaban J connectivity index is 1.75. The Kier molecular flexibility index (Phi) is 7.22. The van der Waals surface area contributed by atoms with Gasteiger partial charge in [-0.2, -0.15) is 5.26 Å². The molecule has 0 aromatic heterocycles. The van der Waals surface area contributed by atoms with Crippen molar-refractivity contribution in [2.45, 2.75) is 50.9 Å². The van der Waals surface area contributed by atoms with Crippen LogP contribution in [0.5, 0.6) is 0 Å². The molecule has 158 valence electrons. The van der Waals surface area contributed by atoms with Crippen LogP contribution in [0.4, 0.5) is 5.69 Å². The molecule has 2 aromatic carbocycles. The number of hydrogen-bond acceptors (Lipinski definition) is 6. The van der Waals surface area contributed by atoms with Gasteiger partial charge in [-0.1, -0.05) is 18.2 Å². The topological polar surface area (TPSA) is 105 Å². The second-order valence-corrected chi connectivity index (χ2v) is 7.92. The van der Waals surface area contributed by atoms with E-state index in [4.69, 9.17) is 5.11 Å². The molecule has 3 unspecified atom stereocenters. The Morgan fingerprint density at radius 3 is 2.63 bits per heavy atom. The maximum absolute atomic E-state index is 12.3. The van der Waals surface area contributed by atoms with Crippen molar-refractivity contribution in [2.24, 2.45) is 0 Å². The van der Waals surface area contributed by atoms with Gasteiger partial charge >= 0.3 is 0 Å². The van der Waals surface area contributed by atoms with E-state index in [-0.39, 0.29) is 18.4 Å². The van der Waals surface area contributed by atoms with E-state index >= 15 is 0 Å². The maximum Gasteiger partial charge on any atom is 0.173 e. The summed E-state index contributed by atoms with van der Waals surface area (Å²) < 4.78 is 0. The highest BCUT2D eigenvalue weighted by Crippen LogP contribution is 2.29. The van der Waals surface area contributed by atoms with E-state index in [0.29, 0.717) is 6.04 Å². The van der Waals surface area contributed by atoms with Crippen LogP contribution in [0.25, 0.3) is 16.8 Å². The fourth-order valence-corrected chi connectivity index (χ4v) is 3.91. The summed E-state index contributed by atoms with van der Waals surface area (Å²) in [4.78, 5) is 14.7. The molecule has 0 bridgehead atoms. The summed E-state index contributed by atoms with van der Waals surface area (Å²) in [5.41, 5.74) is 1.97. The minimum absolute atomic E-state index is 0.00236. The van der Waals surface area contributed by atoms with E-state index in [1.54, 1.807) is 6.08 Å². The number of ketones is 1. The van der Waals surface area contributed by atoms with Crippen LogP contribution in [0.3, 0.4) is 0 Å². The van der Waals surface area contributed by atoms with Crippen molar-refractivity contribution in [1.29, 1.82) is 5.26 Å². The largest absolute Gasteiger partial charge is 0.394 e. The highest BCUT2D eigenvalue weighted by molar-refractivity contribution is 6.03. The molecule has 1 fully saturated rings. The van der Waals surface area contributed by atoms with E-state index in [1.165, 1.54) is 18.5 Å². The highest BCUT2D eigenvalue weighted by Gasteiger charge is 2.21. The third kappa shape index (κ3) is 5.06. The number of fused-ring (bicyclic) bond motifs is 1. The third-order valence-corrected chi connectivity index (χ3v) is 5.76. The predicted molar refractivity (Wildman–Crippen MR) is 117 cm³/mol. The van der Waals surface area contributed by atoms with Crippen LogP contribution in [0.1, 0.15) is 38.2 Å².